The highest BCUT2D eigenvalue weighted by atomic mass is 79.9. The number of hydrogen-bond donors (Lipinski definition) is 1. The number of ketones is 1. The van der Waals surface area contributed by atoms with Crippen molar-refractivity contribution in [3.05, 3.63) is 55.1 Å². The highest BCUT2D eigenvalue weighted by Crippen LogP contribution is 2.29. The summed E-state index contributed by atoms with van der Waals surface area (Å²) in [6, 6.07) is 7.00. The Morgan fingerprint density at radius 2 is 2.00 bits per heavy atom. The van der Waals surface area contributed by atoms with Crippen LogP contribution in [-0.2, 0) is 4.74 Å². The summed E-state index contributed by atoms with van der Waals surface area (Å²) >= 11 is 5.48. The number of carbonyl (C=O) groups excluding carboxylic acids is 2. The van der Waals surface area contributed by atoms with E-state index in [2.05, 4.69) is 20.9 Å². The van der Waals surface area contributed by atoms with Gasteiger partial charge < -0.3 is 10.6 Å². The third kappa shape index (κ3) is 3.98. The van der Waals surface area contributed by atoms with Crippen LogP contribution in [0.4, 0.5) is 0 Å². The molecule has 0 unspecified atom stereocenters. The van der Waals surface area contributed by atoms with Crippen LogP contribution in [0.25, 0.3) is 10.2 Å². The number of rotatable bonds is 6. The number of halogens is 1. The van der Waals surface area contributed by atoms with Gasteiger partial charge in [0.2, 0.25) is 0 Å². The Morgan fingerprint density at radius 1 is 1.32 bits per heavy atom. The summed E-state index contributed by atoms with van der Waals surface area (Å²) in [7, 11) is 0. The molecule has 7 nitrogen and oxygen atoms in total. The van der Waals surface area contributed by atoms with Gasteiger partial charge in [0.15, 0.2) is 10.9 Å². The quantitative estimate of drug-likeness (QED) is 0.189. The Bertz CT molecular complexity index is 1120. The Labute approximate surface area is 177 Å². The van der Waals surface area contributed by atoms with Crippen molar-refractivity contribution in [1.29, 1.82) is 0 Å². The topological polar surface area (TPSA) is 104 Å². The summed E-state index contributed by atoms with van der Waals surface area (Å²) in [5, 5.41) is 0.499. The molecule has 2 heterocycles. The van der Waals surface area contributed by atoms with Crippen molar-refractivity contribution in [2.75, 3.05) is 18.2 Å². The van der Waals surface area contributed by atoms with E-state index >= 15 is 0 Å². The zero-order valence-electron chi connectivity index (χ0n) is 15.0. The lowest BCUT2D eigenvalue weighted by Gasteiger charge is -2.06. The fourth-order valence-electron chi connectivity index (χ4n) is 2.52. The minimum Gasteiger partial charge on any atom is -0.462 e. The van der Waals surface area contributed by atoms with Crippen molar-refractivity contribution < 1.29 is 14.3 Å². The van der Waals surface area contributed by atoms with E-state index in [1.165, 1.54) is 0 Å². The van der Waals surface area contributed by atoms with E-state index in [0.29, 0.717) is 26.2 Å². The number of fused-ring (bicyclic) bond motifs is 1. The van der Waals surface area contributed by atoms with Gasteiger partial charge in [0.1, 0.15) is 9.71 Å². The number of thiophene rings is 1. The summed E-state index contributed by atoms with van der Waals surface area (Å²) < 4.78 is 6.82. The summed E-state index contributed by atoms with van der Waals surface area (Å²) in [4.78, 5) is 42.2. The van der Waals surface area contributed by atoms with Crippen LogP contribution in [0.1, 0.15) is 32.5 Å². The molecule has 2 N–H and O–H groups in total. The first-order chi connectivity index (χ1) is 13.3. The second kappa shape index (κ2) is 8.46. The van der Waals surface area contributed by atoms with Crippen molar-refractivity contribution >= 4 is 61.0 Å². The summed E-state index contributed by atoms with van der Waals surface area (Å²) in [6.07, 6.45) is 0. The molecule has 0 aliphatic rings. The van der Waals surface area contributed by atoms with Crippen LogP contribution in [0.5, 0.6) is 0 Å². The molecule has 2 aromatic heterocycles. The Hall–Kier alpha value is -2.17. The molecule has 1 aromatic carbocycles. The first kappa shape index (κ1) is 20.6. The normalized spacial score (nSPS) is 11.0. The van der Waals surface area contributed by atoms with Gasteiger partial charge in [0.05, 0.1) is 17.7 Å². The zero-order valence-corrected chi connectivity index (χ0v) is 18.2. The van der Waals surface area contributed by atoms with Crippen LogP contribution in [0.2, 0.25) is 0 Å². The van der Waals surface area contributed by atoms with Gasteiger partial charge in [-0.25, -0.2) is 14.5 Å². The molecule has 0 bridgehead atoms. The SMILES string of the molecule is CCOC(=O)c1sc2nc(SCC(=O)c3ccc(Br)cc3)n(N)c(=O)c2c1C. The molecule has 0 saturated heterocycles. The van der Waals surface area contributed by atoms with Crippen molar-refractivity contribution in [1.82, 2.24) is 9.66 Å². The maximum atomic E-state index is 12.7. The molecule has 0 atom stereocenters. The lowest BCUT2D eigenvalue weighted by molar-refractivity contribution is 0.0531. The third-order valence-electron chi connectivity index (χ3n) is 3.92. The van der Waals surface area contributed by atoms with Crippen LogP contribution >= 0.6 is 39.0 Å². The van der Waals surface area contributed by atoms with Crippen LogP contribution in [0, 0.1) is 6.92 Å². The number of Topliss-reactive ketones (excluding diaryl/α,β-unsaturated/α-hetero) is 1. The van der Waals surface area contributed by atoms with Gasteiger partial charge in [-0.05, 0) is 31.5 Å². The number of ether oxygens (including phenoxy) is 1. The fraction of sp³-hybridized carbons (Fsp3) is 0.222. The molecule has 0 aliphatic heterocycles. The number of nitrogens with zero attached hydrogens (tertiary/aromatic N) is 2. The molecule has 3 rings (SSSR count). The predicted octanol–water partition coefficient (Wildman–Crippen LogP) is 3.39. The Morgan fingerprint density at radius 3 is 2.64 bits per heavy atom. The van der Waals surface area contributed by atoms with E-state index < -0.39 is 11.5 Å². The van der Waals surface area contributed by atoms with Gasteiger partial charge in [0.25, 0.3) is 5.56 Å². The summed E-state index contributed by atoms with van der Waals surface area (Å²) in [6.45, 7) is 3.61. The average molecular weight is 482 g/mol. The number of aromatic nitrogens is 2. The van der Waals surface area contributed by atoms with E-state index in [1.807, 2.05) is 0 Å². The second-order valence-corrected chi connectivity index (χ2v) is 8.60. The number of carbonyl (C=O) groups is 2. The van der Waals surface area contributed by atoms with E-state index in [0.717, 1.165) is 32.2 Å². The van der Waals surface area contributed by atoms with Crippen molar-refractivity contribution in [2.24, 2.45) is 0 Å². The van der Waals surface area contributed by atoms with Crippen LogP contribution in [0.15, 0.2) is 38.7 Å². The average Bonchev–Trinajstić information content (AvgIpc) is 3.00. The van der Waals surface area contributed by atoms with Gasteiger partial charge in [-0.15, -0.1) is 11.3 Å². The van der Waals surface area contributed by atoms with Gasteiger partial charge in [0, 0.05) is 10.0 Å². The lowest BCUT2D eigenvalue weighted by atomic mass is 10.2. The van der Waals surface area contributed by atoms with E-state index in [-0.39, 0.29) is 23.3 Å². The molecule has 0 radical (unpaired) electrons. The molecular formula is C18H16BrN3O4S2. The monoisotopic (exact) mass is 481 g/mol. The second-order valence-electron chi connectivity index (χ2n) is 5.75. The highest BCUT2D eigenvalue weighted by molar-refractivity contribution is 9.10. The molecule has 146 valence electrons. The molecule has 28 heavy (non-hydrogen) atoms. The number of hydrogen-bond acceptors (Lipinski definition) is 8. The third-order valence-corrected chi connectivity index (χ3v) is 6.57. The van der Waals surface area contributed by atoms with Crippen molar-refractivity contribution in [3.8, 4) is 0 Å². The standard InChI is InChI=1S/C18H16BrN3O4S2/c1-3-26-17(25)14-9(2)13-15(28-14)21-18(22(20)16(13)24)27-8-12(23)10-4-6-11(19)7-5-10/h4-7H,3,8,20H2,1-2H3. The first-order valence-electron chi connectivity index (χ1n) is 8.23. The first-order valence-corrected chi connectivity index (χ1v) is 10.8. The molecule has 0 aliphatic carbocycles. The predicted molar refractivity (Wildman–Crippen MR) is 114 cm³/mol. The number of benzene rings is 1. The number of aryl methyl sites for hydroxylation is 1. The molecule has 0 amide bonds. The maximum Gasteiger partial charge on any atom is 0.348 e. The number of nitrogen functional groups attached to an aromatic ring is 1. The van der Waals surface area contributed by atoms with Gasteiger partial charge in [-0.3, -0.25) is 9.59 Å². The summed E-state index contributed by atoms with van der Waals surface area (Å²) in [5.74, 6) is 5.37. The molecule has 0 spiro atoms. The van der Waals surface area contributed by atoms with Crippen molar-refractivity contribution in [3.63, 3.8) is 0 Å². The van der Waals surface area contributed by atoms with Crippen molar-refractivity contribution in [2.45, 2.75) is 19.0 Å². The highest BCUT2D eigenvalue weighted by Gasteiger charge is 2.22. The summed E-state index contributed by atoms with van der Waals surface area (Å²) in [5.41, 5.74) is 0.588. The maximum absolute atomic E-state index is 12.7. The van der Waals surface area contributed by atoms with E-state index in [4.69, 9.17) is 10.6 Å². The van der Waals surface area contributed by atoms with Gasteiger partial charge in [-0.2, -0.15) is 0 Å². The molecule has 0 saturated carbocycles. The lowest BCUT2D eigenvalue weighted by Crippen LogP contribution is -2.30. The van der Waals surface area contributed by atoms with E-state index in [9.17, 15) is 14.4 Å². The molecule has 0 fully saturated rings. The largest absolute Gasteiger partial charge is 0.462 e. The van der Waals surface area contributed by atoms with E-state index in [1.54, 1.807) is 38.1 Å². The van der Waals surface area contributed by atoms with Gasteiger partial charge in [-0.1, -0.05) is 39.8 Å². The minimum absolute atomic E-state index is 0.0753. The molecule has 3 aromatic rings. The number of esters is 1. The zero-order chi connectivity index (χ0) is 20.4. The van der Waals surface area contributed by atoms with Crippen LogP contribution < -0.4 is 11.4 Å². The number of thioether (sulfide) groups is 1. The van der Waals surface area contributed by atoms with Crippen LogP contribution in [-0.4, -0.2) is 33.8 Å². The molecule has 10 heteroatoms. The smallest absolute Gasteiger partial charge is 0.348 e. The van der Waals surface area contributed by atoms with Crippen LogP contribution in [0.3, 0.4) is 0 Å². The fourth-order valence-corrected chi connectivity index (χ4v) is 4.71. The minimum atomic E-state index is -0.495. The Balaban J connectivity index is 1.90. The Kier molecular flexibility index (Phi) is 6.21. The molecular weight excluding hydrogens is 466 g/mol. The van der Waals surface area contributed by atoms with Gasteiger partial charge >= 0.3 is 5.97 Å². The number of nitrogens with two attached hydrogens (primary N) is 1.